The highest BCUT2D eigenvalue weighted by Gasteiger charge is 2.05. The van der Waals surface area contributed by atoms with Gasteiger partial charge in [-0.15, -0.1) is 0 Å². The highest BCUT2D eigenvalue weighted by molar-refractivity contribution is 9.10. The van der Waals surface area contributed by atoms with Crippen LogP contribution in [0.1, 0.15) is 26.3 Å². The molecule has 0 amide bonds. The van der Waals surface area contributed by atoms with Gasteiger partial charge in [0.2, 0.25) is 0 Å². The van der Waals surface area contributed by atoms with Crippen LogP contribution in [-0.2, 0) is 6.54 Å². The van der Waals surface area contributed by atoms with Crippen molar-refractivity contribution >= 4 is 27.7 Å². The lowest BCUT2D eigenvalue weighted by molar-refractivity contribution is 0.338. The zero-order valence-corrected chi connectivity index (χ0v) is 13.7. The third-order valence-corrected chi connectivity index (χ3v) is 3.77. The Morgan fingerprint density at radius 2 is 2.17 bits per heavy atom. The summed E-state index contributed by atoms with van der Waals surface area (Å²) in [6.45, 7) is 8.08. The van der Waals surface area contributed by atoms with Crippen molar-refractivity contribution in [1.82, 2.24) is 5.32 Å². The summed E-state index contributed by atoms with van der Waals surface area (Å²) >= 11 is 5.41. The highest BCUT2D eigenvalue weighted by Crippen LogP contribution is 2.23. The van der Waals surface area contributed by atoms with Gasteiger partial charge >= 0.3 is 0 Å². The first-order chi connectivity index (χ1) is 8.63. The minimum Gasteiger partial charge on any atom is -0.492 e. The number of hydrogen-bond donors (Lipinski definition) is 1. The van der Waals surface area contributed by atoms with E-state index in [4.69, 9.17) is 4.74 Å². The fourth-order valence-electron chi connectivity index (χ4n) is 1.50. The van der Waals surface area contributed by atoms with Crippen molar-refractivity contribution in [2.45, 2.75) is 33.4 Å². The lowest BCUT2D eigenvalue weighted by Gasteiger charge is -2.14. The van der Waals surface area contributed by atoms with Crippen LogP contribution < -0.4 is 10.1 Å². The molecule has 0 saturated heterocycles. The summed E-state index contributed by atoms with van der Waals surface area (Å²) < 4.78 is 6.94. The van der Waals surface area contributed by atoms with Crippen molar-refractivity contribution in [3.8, 4) is 5.75 Å². The largest absolute Gasteiger partial charge is 0.492 e. The van der Waals surface area contributed by atoms with Gasteiger partial charge in [0.25, 0.3) is 0 Å². The quantitative estimate of drug-likeness (QED) is 0.725. The van der Waals surface area contributed by atoms with E-state index in [1.165, 1.54) is 5.56 Å². The number of halogens is 1. The van der Waals surface area contributed by atoms with Crippen LogP contribution in [0.4, 0.5) is 0 Å². The van der Waals surface area contributed by atoms with Gasteiger partial charge in [-0.2, -0.15) is 11.8 Å². The molecule has 0 bridgehead atoms. The Kier molecular flexibility index (Phi) is 7.79. The van der Waals surface area contributed by atoms with Crippen molar-refractivity contribution in [3.05, 3.63) is 28.2 Å². The van der Waals surface area contributed by atoms with E-state index < -0.39 is 0 Å². The van der Waals surface area contributed by atoms with Gasteiger partial charge < -0.3 is 10.1 Å². The van der Waals surface area contributed by atoms with E-state index in [2.05, 4.69) is 48.1 Å². The Balaban J connectivity index is 2.58. The molecule has 0 spiro atoms. The molecular formula is C14H22BrNOS. The second-order valence-corrected chi connectivity index (χ2v) is 6.64. The van der Waals surface area contributed by atoms with Crippen molar-refractivity contribution < 1.29 is 4.74 Å². The molecule has 0 aliphatic rings. The second kappa shape index (κ2) is 8.83. The molecule has 2 nitrogen and oxygen atoms in total. The second-order valence-electron chi connectivity index (χ2n) is 4.33. The number of ether oxygens (including phenoxy) is 1. The first kappa shape index (κ1) is 15.9. The van der Waals surface area contributed by atoms with Gasteiger partial charge in [-0.1, -0.05) is 36.7 Å². The first-order valence-corrected chi connectivity index (χ1v) is 8.30. The van der Waals surface area contributed by atoms with Gasteiger partial charge in [0.15, 0.2) is 0 Å². The molecule has 1 rings (SSSR count). The molecule has 4 heteroatoms. The molecule has 0 aliphatic heterocycles. The van der Waals surface area contributed by atoms with Gasteiger partial charge in [-0.25, -0.2) is 0 Å². The lowest BCUT2D eigenvalue weighted by atomic mass is 10.2. The smallest absolute Gasteiger partial charge is 0.123 e. The van der Waals surface area contributed by atoms with Crippen LogP contribution in [0.25, 0.3) is 0 Å². The fraction of sp³-hybridized carbons (Fsp3) is 0.571. The summed E-state index contributed by atoms with van der Waals surface area (Å²) in [5, 5.41) is 3.42. The summed E-state index contributed by atoms with van der Waals surface area (Å²) in [5.74, 6) is 3.18. The molecule has 1 N–H and O–H groups in total. The normalized spacial score (nSPS) is 10.9. The zero-order chi connectivity index (χ0) is 13.4. The minimum atomic E-state index is 0.479. The maximum Gasteiger partial charge on any atom is 0.123 e. The van der Waals surface area contributed by atoms with Crippen molar-refractivity contribution in [1.29, 1.82) is 0 Å². The average molecular weight is 332 g/mol. The molecule has 102 valence electrons. The minimum absolute atomic E-state index is 0.479. The average Bonchev–Trinajstić information content (AvgIpc) is 2.34. The number of rotatable bonds is 8. The molecule has 0 unspecified atom stereocenters. The Hall–Kier alpha value is -0.190. The Labute approximate surface area is 123 Å². The van der Waals surface area contributed by atoms with E-state index in [-0.39, 0.29) is 0 Å². The van der Waals surface area contributed by atoms with E-state index in [0.717, 1.165) is 34.9 Å². The van der Waals surface area contributed by atoms with Crippen LogP contribution in [0.15, 0.2) is 22.7 Å². The van der Waals surface area contributed by atoms with E-state index >= 15 is 0 Å². The van der Waals surface area contributed by atoms with E-state index in [0.29, 0.717) is 6.04 Å². The van der Waals surface area contributed by atoms with E-state index in [1.807, 2.05) is 23.9 Å². The maximum absolute atomic E-state index is 5.84. The molecule has 1 aromatic rings. The summed E-state index contributed by atoms with van der Waals surface area (Å²) in [5.41, 5.74) is 1.21. The Morgan fingerprint density at radius 3 is 2.83 bits per heavy atom. The van der Waals surface area contributed by atoms with Gasteiger partial charge in [-0.3, -0.25) is 0 Å². The van der Waals surface area contributed by atoms with Crippen LogP contribution in [0.5, 0.6) is 5.75 Å². The SMILES string of the molecule is CCSCCOc1ccc(Br)cc1CNC(C)C. The predicted octanol–water partition coefficient (Wildman–Crippen LogP) is 4.08. The maximum atomic E-state index is 5.84. The van der Waals surface area contributed by atoms with Crippen LogP contribution in [-0.4, -0.2) is 24.2 Å². The van der Waals surface area contributed by atoms with Crippen LogP contribution in [0, 0.1) is 0 Å². The van der Waals surface area contributed by atoms with Gasteiger partial charge in [-0.05, 0) is 24.0 Å². The van der Waals surface area contributed by atoms with Crippen LogP contribution in [0.3, 0.4) is 0 Å². The number of benzene rings is 1. The molecule has 0 fully saturated rings. The third-order valence-electron chi connectivity index (χ3n) is 2.41. The Bertz CT molecular complexity index is 358. The summed E-state index contributed by atoms with van der Waals surface area (Å²) in [6, 6.07) is 6.67. The highest BCUT2D eigenvalue weighted by atomic mass is 79.9. The standard InChI is InChI=1S/C14H22BrNOS/c1-4-18-8-7-17-14-6-5-13(15)9-12(14)10-16-11(2)3/h5-6,9,11,16H,4,7-8,10H2,1-3H3. The molecule has 0 atom stereocenters. The summed E-state index contributed by atoms with van der Waals surface area (Å²) in [6.07, 6.45) is 0. The molecular weight excluding hydrogens is 310 g/mol. The zero-order valence-electron chi connectivity index (χ0n) is 11.3. The van der Waals surface area contributed by atoms with E-state index in [9.17, 15) is 0 Å². The molecule has 0 saturated carbocycles. The monoisotopic (exact) mass is 331 g/mol. The number of hydrogen-bond acceptors (Lipinski definition) is 3. The fourth-order valence-corrected chi connectivity index (χ4v) is 2.39. The van der Waals surface area contributed by atoms with Crippen LogP contribution >= 0.6 is 27.7 Å². The lowest BCUT2D eigenvalue weighted by Crippen LogP contribution is -2.22. The summed E-state index contributed by atoms with van der Waals surface area (Å²) in [4.78, 5) is 0. The molecule has 0 heterocycles. The van der Waals surface area contributed by atoms with Crippen LogP contribution in [0.2, 0.25) is 0 Å². The third kappa shape index (κ3) is 6.12. The van der Waals surface area contributed by atoms with Crippen molar-refractivity contribution in [2.24, 2.45) is 0 Å². The summed E-state index contributed by atoms with van der Waals surface area (Å²) in [7, 11) is 0. The predicted molar refractivity (Wildman–Crippen MR) is 84.6 cm³/mol. The van der Waals surface area contributed by atoms with Gasteiger partial charge in [0, 0.05) is 28.4 Å². The molecule has 0 aromatic heterocycles. The number of nitrogens with one attached hydrogen (secondary N) is 1. The molecule has 18 heavy (non-hydrogen) atoms. The Morgan fingerprint density at radius 1 is 1.39 bits per heavy atom. The van der Waals surface area contributed by atoms with Gasteiger partial charge in [0.1, 0.15) is 5.75 Å². The molecule has 0 aliphatic carbocycles. The molecule has 0 radical (unpaired) electrons. The van der Waals surface area contributed by atoms with Crippen molar-refractivity contribution in [3.63, 3.8) is 0 Å². The van der Waals surface area contributed by atoms with Crippen molar-refractivity contribution in [2.75, 3.05) is 18.1 Å². The topological polar surface area (TPSA) is 21.3 Å². The first-order valence-electron chi connectivity index (χ1n) is 6.35. The number of thioether (sulfide) groups is 1. The molecule has 1 aromatic carbocycles. The van der Waals surface area contributed by atoms with E-state index in [1.54, 1.807) is 0 Å². The van der Waals surface area contributed by atoms with Gasteiger partial charge in [0.05, 0.1) is 6.61 Å².